The number of nitrogens with one attached hydrogen (secondary N) is 1. The van der Waals surface area contributed by atoms with Crippen LogP contribution in [0, 0.1) is 0 Å². The second-order valence-corrected chi connectivity index (χ2v) is 10.1. The van der Waals surface area contributed by atoms with Crippen molar-refractivity contribution in [1.82, 2.24) is 24.5 Å². The first kappa shape index (κ1) is 23.2. The highest BCUT2D eigenvalue weighted by Gasteiger charge is 2.48. The van der Waals surface area contributed by atoms with E-state index in [1.807, 2.05) is 41.3 Å². The predicted molar refractivity (Wildman–Crippen MR) is 135 cm³/mol. The van der Waals surface area contributed by atoms with E-state index in [-0.39, 0.29) is 18.7 Å². The minimum absolute atomic E-state index is 0.0981. The van der Waals surface area contributed by atoms with Crippen molar-refractivity contribution in [2.45, 2.75) is 38.3 Å². The molecule has 10 heteroatoms. The number of carbonyl (C=O) groups excluding carboxylic acids is 4. The first-order chi connectivity index (χ1) is 18.0. The van der Waals surface area contributed by atoms with Crippen LogP contribution in [0.4, 0.5) is 0 Å². The number of rotatable bonds is 5. The van der Waals surface area contributed by atoms with Crippen LogP contribution in [0.2, 0.25) is 0 Å². The van der Waals surface area contributed by atoms with Gasteiger partial charge < -0.3 is 4.90 Å². The van der Waals surface area contributed by atoms with E-state index >= 15 is 0 Å². The molecule has 0 radical (unpaired) electrons. The molecule has 4 amide bonds. The quantitative estimate of drug-likeness (QED) is 0.522. The Bertz CT molecular complexity index is 1460. The third kappa shape index (κ3) is 4.23. The Morgan fingerprint density at radius 2 is 1.70 bits per heavy atom. The van der Waals surface area contributed by atoms with Crippen LogP contribution in [0.3, 0.4) is 0 Å². The van der Waals surface area contributed by atoms with Gasteiger partial charge in [-0.3, -0.25) is 29.4 Å². The molecule has 3 aliphatic rings. The SMILES string of the molecule is O=C1CCC(N2C(=O)C3=C(C2=O)N(Cc2nc(-c4cccc(-c5ccccc5)c4)ns2)CCC3)C(=O)N1. The molecule has 1 unspecified atom stereocenters. The van der Waals surface area contributed by atoms with Gasteiger partial charge in [-0.05, 0) is 48.0 Å². The molecular formula is C27H23N5O4S. The van der Waals surface area contributed by atoms with E-state index in [9.17, 15) is 19.2 Å². The molecule has 3 aromatic rings. The summed E-state index contributed by atoms with van der Waals surface area (Å²) in [6.07, 6.45) is 1.44. The number of imide groups is 2. The van der Waals surface area contributed by atoms with Crippen molar-refractivity contribution < 1.29 is 19.2 Å². The van der Waals surface area contributed by atoms with E-state index in [1.54, 1.807) is 0 Å². The Kier molecular flexibility index (Phi) is 5.88. The summed E-state index contributed by atoms with van der Waals surface area (Å²) in [6.45, 7) is 0.941. The Balaban J connectivity index is 1.22. The zero-order valence-corrected chi connectivity index (χ0v) is 20.7. The summed E-state index contributed by atoms with van der Waals surface area (Å²) < 4.78 is 4.55. The zero-order valence-electron chi connectivity index (χ0n) is 19.8. The number of benzene rings is 2. The van der Waals surface area contributed by atoms with Crippen LogP contribution in [0.1, 0.15) is 30.7 Å². The number of carbonyl (C=O) groups is 4. The zero-order chi connectivity index (χ0) is 25.5. The fourth-order valence-electron chi connectivity index (χ4n) is 5.13. The third-order valence-electron chi connectivity index (χ3n) is 6.90. The van der Waals surface area contributed by atoms with Crippen LogP contribution in [-0.2, 0) is 25.7 Å². The molecule has 1 saturated heterocycles. The van der Waals surface area contributed by atoms with Gasteiger partial charge in [-0.2, -0.15) is 4.37 Å². The van der Waals surface area contributed by atoms with E-state index in [2.05, 4.69) is 27.9 Å². The lowest BCUT2D eigenvalue weighted by atomic mass is 10.0. The van der Waals surface area contributed by atoms with Crippen LogP contribution in [-0.4, -0.2) is 55.4 Å². The molecule has 1 N–H and O–H groups in total. The highest BCUT2D eigenvalue weighted by molar-refractivity contribution is 7.05. The van der Waals surface area contributed by atoms with Gasteiger partial charge in [0.15, 0.2) is 5.82 Å². The lowest BCUT2D eigenvalue weighted by Gasteiger charge is -2.30. The summed E-state index contributed by atoms with van der Waals surface area (Å²) in [5.74, 6) is -1.29. The first-order valence-corrected chi connectivity index (χ1v) is 12.9. The molecule has 0 aliphatic carbocycles. The molecule has 1 fully saturated rings. The van der Waals surface area contributed by atoms with Gasteiger partial charge >= 0.3 is 0 Å². The molecule has 4 heterocycles. The van der Waals surface area contributed by atoms with Crippen LogP contribution < -0.4 is 5.32 Å². The number of amides is 4. The summed E-state index contributed by atoms with van der Waals surface area (Å²) >= 11 is 1.27. The van der Waals surface area contributed by atoms with Crippen molar-refractivity contribution in [1.29, 1.82) is 0 Å². The van der Waals surface area contributed by atoms with E-state index in [0.29, 0.717) is 43.0 Å². The summed E-state index contributed by atoms with van der Waals surface area (Å²) in [4.78, 5) is 58.1. The Morgan fingerprint density at radius 3 is 2.51 bits per heavy atom. The van der Waals surface area contributed by atoms with Gasteiger partial charge in [0.1, 0.15) is 16.7 Å². The molecule has 0 bridgehead atoms. The third-order valence-corrected chi connectivity index (χ3v) is 7.59. The first-order valence-electron chi connectivity index (χ1n) is 12.2. The van der Waals surface area contributed by atoms with Gasteiger partial charge in [0.25, 0.3) is 11.8 Å². The van der Waals surface area contributed by atoms with Crippen molar-refractivity contribution in [2.75, 3.05) is 6.54 Å². The molecule has 1 aromatic heterocycles. The fraction of sp³-hybridized carbons (Fsp3) is 0.259. The molecule has 2 aromatic carbocycles. The molecular weight excluding hydrogens is 490 g/mol. The summed E-state index contributed by atoms with van der Waals surface area (Å²) in [5, 5.41) is 2.97. The number of hydrogen-bond acceptors (Lipinski definition) is 8. The van der Waals surface area contributed by atoms with Gasteiger partial charge in [0.2, 0.25) is 11.8 Å². The maximum atomic E-state index is 13.4. The molecule has 0 saturated carbocycles. The largest absolute Gasteiger partial charge is 0.360 e. The average molecular weight is 514 g/mol. The standard InChI is InChI=1S/C27H23N5O4S/c33-21-12-11-20(25(34)28-21)32-26(35)19-10-5-13-31(23(19)27(32)36)15-22-29-24(30-37-22)18-9-4-8-17(14-18)16-6-2-1-3-7-16/h1-4,6-9,14,20H,5,10-13,15H2,(H,28,33,34). The monoisotopic (exact) mass is 513 g/mol. The van der Waals surface area contributed by atoms with E-state index in [0.717, 1.165) is 26.6 Å². The second kappa shape index (κ2) is 9.36. The molecule has 9 nitrogen and oxygen atoms in total. The van der Waals surface area contributed by atoms with Crippen molar-refractivity contribution in [2.24, 2.45) is 0 Å². The average Bonchev–Trinajstić information content (AvgIpc) is 3.48. The molecule has 0 spiro atoms. The van der Waals surface area contributed by atoms with Crippen LogP contribution in [0.25, 0.3) is 22.5 Å². The minimum Gasteiger partial charge on any atom is -0.360 e. The van der Waals surface area contributed by atoms with Crippen LogP contribution in [0.15, 0.2) is 65.9 Å². The van der Waals surface area contributed by atoms with E-state index < -0.39 is 23.8 Å². The molecule has 1 atom stereocenters. The number of hydrogen-bond donors (Lipinski definition) is 1. The van der Waals surface area contributed by atoms with Gasteiger partial charge in [-0.25, -0.2) is 4.98 Å². The minimum atomic E-state index is -0.963. The number of nitrogens with zero attached hydrogens (tertiary/aromatic N) is 4. The predicted octanol–water partition coefficient (Wildman–Crippen LogP) is 2.90. The Hall–Kier alpha value is -4.18. The molecule has 186 valence electrons. The van der Waals surface area contributed by atoms with E-state index in [4.69, 9.17) is 4.98 Å². The summed E-state index contributed by atoms with van der Waals surface area (Å²) in [5.41, 5.74) is 3.85. The molecule has 3 aliphatic heterocycles. The van der Waals surface area contributed by atoms with Gasteiger partial charge in [0.05, 0.1) is 6.54 Å². The number of piperidine rings is 1. The van der Waals surface area contributed by atoms with E-state index in [1.165, 1.54) is 11.5 Å². The number of aromatic nitrogens is 2. The maximum Gasteiger partial charge on any atom is 0.278 e. The van der Waals surface area contributed by atoms with Crippen LogP contribution >= 0.6 is 11.5 Å². The van der Waals surface area contributed by atoms with Gasteiger partial charge in [-0.15, -0.1) is 0 Å². The van der Waals surface area contributed by atoms with Gasteiger partial charge in [0, 0.05) is 24.1 Å². The highest BCUT2D eigenvalue weighted by Crippen LogP contribution is 2.35. The molecule has 6 rings (SSSR count). The van der Waals surface area contributed by atoms with Crippen molar-refractivity contribution in [3.8, 4) is 22.5 Å². The highest BCUT2D eigenvalue weighted by atomic mass is 32.1. The second-order valence-electron chi connectivity index (χ2n) is 9.26. The van der Waals surface area contributed by atoms with Crippen molar-refractivity contribution in [3.05, 3.63) is 70.9 Å². The lowest BCUT2D eigenvalue weighted by Crippen LogP contribution is -2.55. The normalized spacial score (nSPS) is 19.9. The Labute approximate surface area is 217 Å². The van der Waals surface area contributed by atoms with Crippen molar-refractivity contribution in [3.63, 3.8) is 0 Å². The van der Waals surface area contributed by atoms with Gasteiger partial charge in [-0.1, -0.05) is 48.5 Å². The smallest absolute Gasteiger partial charge is 0.278 e. The van der Waals surface area contributed by atoms with Crippen molar-refractivity contribution >= 4 is 35.2 Å². The maximum absolute atomic E-state index is 13.4. The van der Waals surface area contributed by atoms with Crippen LogP contribution in [0.5, 0.6) is 0 Å². The Morgan fingerprint density at radius 1 is 0.919 bits per heavy atom. The fourth-order valence-corrected chi connectivity index (χ4v) is 5.81. The summed E-state index contributed by atoms with van der Waals surface area (Å²) in [7, 11) is 0. The molecule has 37 heavy (non-hydrogen) atoms. The topological polar surface area (TPSA) is 113 Å². The summed E-state index contributed by atoms with van der Waals surface area (Å²) in [6, 6.07) is 17.2. The lowest BCUT2D eigenvalue weighted by molar-refractivity contribution is -0.150.